The number of alkyl halides is 3. The Kier molecular flexibility index (Phi) is 5.57. The van der Waals surface area contributed by atoms with Gasteiger partial charge in [0.05, 0.1) is 0 Å². The molecule has 0 aliphatic carbocycles. The third-order valence-corrected chi connectivity index (χ3v) is 4.55. The van der Waals surface area contributed by atoms with E-state index in [4.69, 9.17) is 0 Å². The van der Waals surface area contributed by atoms with E-state index in [9.17, 15) is 22.8 Å². The van der Waals surface area contributed by atoms with Gasteiger partial charge in [-0.15, -0.1) is 0 Å². The van der Waals surface area contributed by atoms with E-state index in [1.54, 1.807) is 27.7 Å². The highest BCUT2D eigenvalue weighted by Crippen LogP contribution is 2.32. The molecule has 0 bridgehead atoms. The molecular formula is C13H21F3N2O2S. The van der Waals surface area contributed by atoms with Crippen LogP contribution >= 0.6 is 11.8 Å². The van der Waals surface area contributed by atoms with Gasteiger partial charge in [-0.3, -0.25) is 9.59 Å². The summed E-state index contributed by atoms with van der Waals surface area (Å²) in [6.45, 7) is 6.83. The van der Waals surface area contributed by atoms with Gasteiger partial charge in [0.2, 0.25) is 11.8 Å². The molecule has 2 unspecified atom stereocenters. The first kappa shape index (κ1) is 18.1. The Morgan fingerprint density at radius 1 is 1.38 bits per heavy atom. The minimum atomic E-state index is -4.33. The second-order valence-corrected chi connectivity index (χ2v) is 6.77. The van der Waals surface area contributed by atoms with Crippen LogP contribution in [0.1, 0.15) is 34.1 Å². The zero-order valence-electron chi connectivity index (χ0n) is 12.6. The summed E-state index contributed by atoms with van der Waals surface area (Å²) in [6.07, 6.45) is 0.353. The van der Waals surface area contributed by atoms with Crippen molar-refractivity contribution >= 4 is 23.6 Å². The van der Waals surface area contributed by atoms with Crippen LogP contribution in [0.25, 0.3) is 0 Å². The summed E-state index contributed by atoms with van der Waals surface area (Å²) in [5.41, 5.74) is -5.42. The fraction of sp³-hybridized carbons (Fsp3) is 0.846. The zero-order chi connectivity index (χ0) is 16.4. The molecule has 0 aromatic carbocycles. The number of carbonyl (C=O) groups excluding carboxylic acids is 2. The lowest BCUT2D eigenvalue weighted by atomic mass is 9.88. The number of piperazine rings is 1. The van der Waals surface area contributed by atoms with Crippen molar-refractivity contribution in [2.45, 2.75) is 51.2 Å². The summed E-state index contributed by atoms with van der Waals surface area (Å²) >= 11 is -0.174. The molecule has 4 nitrogen and oxygen atoms in total. The smallest absolute Gasteiger partial charge is 0.342 e. The second kappa shape index (κ2) is 6.46. The molecule has 0 aromatic heterocycles. The van der Waals surface area contributed by atoms with Crippen LogP contribution in [-0.2, 0) is 9.59 Å². The lowest BCUT2D eigenvalue weighted by Crippen LogP contribution is -2.70. The molecule has 0 aromatic rings. The molecule has 21 heavy (non-hydrogen) atoms. The molecule has 1 aliphatic heterocycles. The van der Waals surface area contributed by atoms with E-state index >= 15 is 0 Å². The maximum atomic E-state index is 12.5. The highest BCUT2D eigenvalue weighted by molar-refractivity contribution is 8.00. The molecule has 0 spiro atoms. The third kappa shape index (κ3) is 4.05. The Labute approximate surface area is 126 Å². The normalized spacial score (nSPS) is 27.2. The number of hydrogen-bond donors (Lipinski definition) is 1. The molecule has 8 heteroatoms. The number of halogens is 3. The Hall–Kier alpha value is -0.920. The van der Waals surface area contributed by atoms with E-state index < -0.39 is 17.1 Å². The lowest BCUT2D eigenvalue weighted by molar-refractivity contribution is -0.157. The molecule has 0 saturated carbocycles. The molecule has 2 atom stereocenters. The van der Waals surface area contributed by atoms with Crippen LogP contribution in [0.5, 0.6) is 0 Å². The van der Waals surface area contributed by atoms with Gasteiger partial charge in [-0.05, 0) is 31.0 Å². The van der Waals surface area contributed by atoms with Crippen molar-refractivity contribution in [1.29, 1.82) is 0 Å². The average Bonchev–Trinajstić information content (AvgIpc) is 2.36. The van der Waals surface area contributed by atoms with Crippen molar-refractivity contribution in [3.63, 3.8) is 0 Å². The number of rotatable bonds is 5. The maximum absolute atomic E-state index is 12.5. The van der Waals surface area contributed by atoms with E-state index in [1.807, 2.05) is 0 Å². The summed E-state index contributed by atoms with van der Waals surface area (Å²) in [5, 5.41) is 2.68. The topological polar surface area (TPSA) is 49.4 Å². The van der Waals surface area contributed by atoms with Crippen LogP contribution in [0.4, 0.5) is 13.2 Å². The zero-order valence-corrected chi connectivity index (χ0v) is 13.4. The van der Waals surface area contributed by atoms with Crippen LogP contribution in [0.3, 0.4) is 0 Å². The van der Waals surface area contributed by atoms with Gasteiger partial charge in [-0.25, -0.2) is 0 Å². The van der Waals surface area contributed by atoms with Crippen molar-refractivity contribution in [3.05, 3.63) is 0 Å². The molecule has 122 valence electrons. The van der Waals surface area contributed by atoms with Gasteiger partial charge in [-0.2, -0.15) is 13.2 Å². The van der Waals surface area contributed by atoms with E-state index in [0.29, 0.717) is 6.42 Å². The molecule has 1 aliphatic rings. The first-order chi connectivity index (χ1) is 9.53. The quantitative estimate of drug-likeness (QED) is 0.844. The Morgan fingerprint density at radius 2 is 1.95 bits per heavy atom. The predicted octanol–water partition coefficient (Wildman–Crippen LogP) is 2.39. The van der Waals surface area contributed by atoms with Crippen molar-refractivity contribution in [2.24, 2.45) is 5.92 Å². The van der Waals surface area contributed by atoms with Crippen molar-refractivity contribution in [2.75, 3.05) is 12.3 Å². The van der Waals surface area contributed by atoms with Crippen LogP contribution in [-0.4, -0.2) is 46.1 Å². The van der Waals surface area contributed by atoms with Crippen molar-refractivity contribution in [3.8, 4) is 0 Å². The Bertz CT molecular complexity index is 415. The highest BCUT2D eigenvalue weighted by Gasteiger charge is 2.48. The summed E-state index contributed by atoms with van der Waals surface area (Å²) in [7, 11) is 0. The summed E-state index contributed by atoms with van der Waals surface area (Å²) in [4.78, 5) is 26.0. The molecule has 0 radical (unpaired) electrons. The first-order valence-corrected chi connectivity index (χ1v) is 7.84. The molecule has 1 saturated heterocycles. The number of thioether (sulfide) groups is 1. The Balaban J connectivity index is 2.91. The number of carbonyl (C=O) groups is 2. The van der Waals surface area contributed by atoms with Crippen LogP contribution in [0, 0.1) is 5.92 Å². The number of amides is 2. The van der Waals surface area contributed by atoms with E-state index in [0.717, 1.165) is 0 Å². The fourth-order valence-electron chi connectivity index (χ4n) is 2.30. The SMILES string of the molecule is CCC1(C)C(=O)NC(C(C)C)C(=O)N1CCSC(F)(F)F. The standard InChI is InChI=1S/C13H21F3N2O2S/c1-5-12(4)11(20)17-9(8(2)3)10(19)18(12)6-7-21-13(14,15)16/h8-9H,5-7H2,1-4H3,(H,17,20). The van der Waals surface area contributed by atoms with Gasteiger partial charge >= 0.3 is 5.51 Å². The molecule has 1 N–H and O–H groups in total. The number of hydrogen-bond acceptors (Lipinski definition) is 3. The van der Waals surface area contributed by atoms with E-state index in [1.165, 1.54) is 4.90 Å². The van der Waals surface area contributed by atoms with Gasteiger partial charge in [0.15, 0.2) is 0 Å². The minimum Gasteiger partial charge on any atom is -0.342 e. The van der Waals surface area contributed by atoms with Crippen molar-refractivity contribution in [1.82, 2.24) is 10.2 Å². The summed E-state index contributed by atoms with van der Waals surface area (Å²) < 4.78 is 36.7. The largest absolute Gasteiger partial charge is 0.441 e. The molecule has 1 heterocycles. The first-order valence-electron chi connectivity index (χ1n) is 6.86. The molecule has 2 amide bonds. The number of nitrogens with one attached hydrogen (secondary N) is 1. The highest BCUT2D eigenvalue weighted by atomic mass is 32.2. The molecule has 1 fully saturated rings. The summed E-state index contributed by atoms with van der Waals surface area (Å²) in [5.74, 6) is -0.999. The second-order valence-electron chi connectivity index (χ2n) is 5.61. The average molecular weight is 326 g/mol. The van der Waals surface area contributed by atoms with Gasteiger partial charge < -0.3 is 10.2 Å². The van der Waals surface area contributed by atoms with E-state index in [2.05, 4.69) is 5.32 Å². The van der Waals surface area contributed by atoms with Crippen LogP contribution in [0.2, 0.25) is 0 Å². The Morgan fingerprint density at radius 3 is 2.38 bits per heavy atom. The maximum Gasteiger partial charge on any atom is 0.441 e. The summed E-state index contributed by atoms with van der Waals surface area (Å²) in [6, 6.07) is -0.673. The predicted molar refractivity (Wildman–Crippen MR) is 75.7 cm³/mol. The lowest BCUT2D eigenvalue weighted by Gasteiger charge is -2.46. The monoisotopic (exact) mass is 326 g/mol. The van der Waals surface area contributed by atoms with E-state index in [-0.39, 0.29) is 41.8 Å². The minimum absolute atomic E-state index is 0.0933. The van der Waals surface area contributed by atoms with Gasteiger partial charge in [0, 0.05) is 12.3 Å². The number of nitrogens with zero attached hydrogens (tertiary/aromatic N) is 1. The third-order valence-electron chi connectivity index (χ3n) is 3.84. The van der Waals surface area contributed by atoms with Gasteiger partial charge in [0.1, 0.15) is 11.6 Å². The van der Waals surface area contributed by atoms with Crippen molar-refractivity contribution < 1.29 is 22.8 Å². The van der Waals surface area contributed by atoms with Crippen LogP contribution < -0.4 is 5.32 Å². The van der Waals surface area contributed by atoms with Gasteiger partial charge in [-0.1, -0.05) is 20.8 Å². The van der Waals surface area contributed by atoms with Gasteiger partial charge in [0.25, 0.3) is 0 Å². The fourth-order valence-corrected chi connectivity index (χ4v) is 2.81. The molecular weight excluding hydrogens is 305 g/mol. The van der Waals surface area contributed by atoms with Crippen LogP contribution in [0.15, 0.2) is 0 Å². The molecule has 1 rings (SSSR count).